The summed E-state index contributed by atoms with van der Waals surface area (Å²) in [6.07, 6.45) is 2.03. The van der Waals surface area contributed by atoms with Crippen LogP contribution in [0.2, 0.25) is 0 Å². The first-order valence-electron chi connectivity index (χ1n) is 3.14. The maximum absolute atomic E-state index is 4.16. The van der Waals surface area contributed by atoms with Crippen molar-refractivity contribution >= 4 is 0 Å². The van der Waals surface area contributed by atoms with E-state index in [2.05, 4.69) is 16.7 Å². The highest BCUT2D eigenvalue weighted by molar-refractivity contribution is 4.79. The second-order valence-corrected chi connectivity index (χ2v) is 2.12. The van der Waals surface area contributed by atoms with Crippen molar-refractivity contribution in [1.29, 1.82) is 0 Å². The zero-order valence-corrected chi connectivity index (χ0v) is 6.13. The van der Waals surface area contributed by atoms with E-state index in [1.54, 1.807) is 0 Å². The molecule has 0 aliphatic heterocycles. The number of rotatable bonds is 1. The first kappa shape index (κ1) is 6.26. The lowest BCUT2D eigenvalue weighted by atomic mass is 10.6. The molecule has 0 amide bonds. The minimum atomic E-state index is 0.983. The molecule has 1 aromatic heterocycles. The molecule has 0 spiro atoms. The molecular formula is C6H12N3+. The smallest absolute Gasteiger partial charge is 0.161 e. The second-order valence-electron chi connectivity index (χ2n) is 2.12. The van der Waals surface area contributed by atoms with E-state index in [0.29, 0.717) is 0 Å². The summed E-state index contributed by atoms with van der Waals surface area (Å²) in [6, 6.07) is 0. The highest BCUT2D eigenvalue weighted by atomic mass is 15.5. The number of nitrogens with zero attached hydrogens (tertiary/aromatic N) is 3. The Balaban J connectivity index is 3.01. The molecule has 50 valence electrons. The molecule has 1 aromatic rings. The Hall–Kier alpha value is -0.860. The summed E-state index contributed by atoms with van der Waals surface area (Å²) in [5, 5.41) is 4.16. The van der Waals surface area contributed by atoms with Gasteiger partial charge in [-0.2, -0.15) is 4.68 Å². The van der Waals surface area contributed by atoms with E-state index in [9.17, 15) is 0 Å². The first-order chi connectivity index (χ1) is 4.24. The molecule has 1 rings (SSSR count). The van der Waals surface area contributed by atoms with E-state index in [4.69, 9.17) is 0 Å². The van der Waals surface area contributed by atoms with Crippen molar-refractivity contribution in [3.63, 3.8) is 0 Å². The molecule has 0 aliphatic rings. The lowest BCUT2D eigenvalue weighted by Gasteiger charge is -1.87. The highest BCUT2D eigenvalue weighted by Gasteiger charge is 2.04. The van der Waals surface area contributed by atoms with Gasteiger partial charge >= 0.3 is 0 Å². The van der Waals surface area contributed by atoms with E-state index in [-0.39, 0.29) is 0 Å². The summed E-state index contributed by atoms with van der Waals surface area (Å²) in [7, 11) is 1.94. The molecule has 0 aliphatic carbocycles. The van der Waals surface area contributed by atoms with Gasteiger partial charge in [0.05, 0.1) is 7.05 Å². The molecule has 0 fully saturated rings. The van der Waals surface area contributed by atoms with Gasteiger partial charge in [-0.25, -0.2) is 0 Å². The SMILES string of the molecule is CC[n+]1cc(C)nn1C. The number of aromatic nitrogens is 3. The van der Waals surface area contributed by atoms with Gasteiger partial charge in [-0.05, 0) is 11.7 Å². The zero-order chi connectivity index (χ0) is 6.85. The van der Waals surface area contributed by atoms with Crippen LogP contribution in [0.4, 0.5) is 0 Å². The molecule has 3 nitrogen and oxygen atoms in total. The molecule has 9 heavy (non-hydrogen) atoms. The van der Waals surface area contributed by atoms with Crippen LogP contribution in [0.25, 0.3) is 0 Å². The molecule has 3 heteroatoms. The molecule has 0 aromatic carbocycles. The van der Waals surface area contributed by atoms with Gasteiger partial charge in [-0.1, -0.05) is 0 Å². The van der Waals surface area contributed by atoms with Crippen molar-refractivity contribution in [2.75, 3.05) is 0 Å². The van der Waals surface area contributed by atoms with Crippen LogP contribution in [0.1, 0.15) is 12.6 Å². The predicted molar refractivity (Wildman–Crippen MR) is 33.8 cm³/mol. The third-order valence-corrected chi connectivity index (χ3v) is 1.33. The fourth-order valence-electron chi connectivity index (χ4n) is 0.907. The topological polar surface area (TPSA) is 21.7 Å². The van der Waals surface area contributed by atoms with Gasteiger partial charge in [0.2, 0.25) is 5.69 Å². The summed E-state index contributed by atoms with van der Waals surface area (Å²) in [5.74, 6) is 0. The van der Waals surface area contributed by atoms with Gasteiger partial charge in [0, 0.05) is 12.0 Å². The fraction of sp³-hybridized carbons (Fsp3) is 0.667. The monoisotopic (exact) mass is 126 g/mol. The Morgan fingerprint density at radius 3 is 2.67 bits per heavy atom. The van der Waals surface area contributed by atoms with E-state index in [0.717, 1.165) is 12.2 Å². The lowest BCUT2D eigenvalue weighted by Crippen LogP contribution is -2.40. The van der Waals surface area contributed by atoms with Gasteiger partial charge in [0.15, 0.2) is 6.20 Å². The Kier molecular flexibility index (Phi) is 1.51. The van der Waals surface area contributed by atoms with Crippen molar-refractivity contribution in [3.05, 3.63) is 11.9 Å². The van der Waals surface area contributed by atoms with Crippen molar-refractivity contribution in [2.24, 2.45) is 7.05 Å². The summed E-state index contributed by atoms with van der Waals surface area (Å²) in [4.78, 5) is 1.84. The number of aryl methyl sites for hydroxylation is 3. The number of hydrogen-bond donors (Lipinski definition) is 0. The van der Waals surface area contributed by atoms with Gasteiger partial charge in [0.1, 0.15) is 6.54 Å². The maximum atomic E-state index is 4.16. The lowest BCUT2D eigenvalue weighted by molar-refractivity contribution is -0.774. The van der Waals surface area contributed by atoms with Crippen LogP contribution in [0, 0.1) is 6.92 Å². The molecule has 0 atom stereocenters. The summed E-state index contributed by atoms with van der Waals surface area (Å²) in [6.45, 7) is 5.07. The predicted octanol–water partition coefficient (Wildman–Crippen LogP) is 0.0359. The van der Waals surface area contributed by atoms with Crippen LogP contribution < -0.4 is 4.68 Å². The van der Waals surface area contributed by atoms with Crippen LogP contribution in [0.5, 0.6) is 0 Å². The van der Waals surface area contributed by atoms with Gasteiger partial charge < -0.3 is 0 Å². The quantitative estimate of drug-likeness (QED) is 0.487. The maximum Gasteiger partial charge on any atom is 0.215 e. The molecule has 0 unspecified atom stereocenters. The van der Waals surface area contributed by atoms with Gasteiger partial charge in [0.25, 0.3) is 0 Å². The Morgan fingerprint density at radius 2 is 2.44 bits per heavy atom. The normalized spacial score (nSPS) is 10.1. The van der Waals surface area contributed by atoms with Crippen LogP contribution in [0.3, 0.4) is 0 Å². The Morgan fingerprint density at radius 1 is 1.78 bits per heavy atom. The summed E-state index contributed by atoms with van der Waals surface area (Å²) < 4.78 is 2.05. The summed E-state index contributed by atoms with van der Waals surface area (Å²) >= 11 is 0. The zero-order valence-electron chi connectivity index (χ0n) is 6.13. The average Bonchev–Trinajstić information content (AvgIpc) is 2.10. The largest absolute Gasteiger partial charge is 0.215 e. The van der Waals surface area contributed by atoms with Crippen LogP contribution in [0.15, 0.2) is 6.20 Å². The van der Waals surface area contributed by atoms with Crippen molar-refractivity contribution in [1.82, 2.24) is 9.90 Å². The highest BCUT2D eigenvalue weighted by Crippen LogP contribution is 1.81. The fourth-order valence-corrected chi connectivity index (χ4v) is 0.907. The molecule has 0 saturated heterocycles. The van der Waals surface area contributed by atoms with E-state index >= 15 is 0 Å². The number of hydrogen-bond acceptors (Lipinski definition) is 1. The van der Waals surface area contributed by atoms with E-state index < -0.39 is 0 Å². The Labute approximate surface area is 54.9 Å². The van der Waals surface area contributed by atoms with Gasteiger partial charge in [-0.15, -0.1) is 0 Å². The third kappa shape index (κ3) is 1.09. The molecule has 0 radical (unpaired) electrons. The molecule has 0 bridgehead atoms. The standard InChI is InChI=1S/C6H12N3/c1-4-9-5-6(2)7-8(9)3/h5H,4H2,1-3H3/q+1. The van der Waals surface area contributed by atoms with E-state index in [1.165, 1.54) is 0 Å². The average molecular weight is 126 g/mol. The minimum absolute atomic E-state index is 0.983. The van der Waals surface area contributed by atoms with Gasteiger partial charge in [-0.3, -0.25) is 0 Å². The molecular weight excluding hydrogens is 114 g/mol. The van der Waals surface area contributed by atoms with E-state index in [1.807, 2.05) is 25.0 Å². The Bertz CT molecular complexity index is 202. The molecule has 0 N–H and O–H groups in total. The summed E-state index contributed by atoms with van der Waals surface area (Å²) in [5.41, 5.74) is 1.07. The van der Waals surface area contributed by atoms with Crippen LogP contribution >= 0.6 is 0 Å². The van der Waals surface area contributed by atoms with Crippen molar-refractivity contribution in [2.45, 2.75) is 20.4 Å². The first-order valence-corrected chi connectivity index (χ1v) is 3.14. The third-order valence-electron chi connectivity index (χ3n) is 1.33. The minimum Gasteiger partial charge on any atom is -0.161 e. The van der Waals surface area contributed by atoms with Crippen LogP contribution in [-0.2, 0) is 13.6 Å². The molecule has 1 heterocycles. The van der Waals surface area contributed by atoms with Crippen molar-refractivity contribution < 1.29 is 4.68 Å². The van der Waals surface area contributed by atoms with Crippen LogP contribution in [-0.4, -0.2) is 9.90 Å². The second kappa shape index (κ2) is 2.17. The van der Waals surface area contributed by atoms with Crippen molar-refractivity contribution in [3.8, 4) is 0 Å². The molecule has 0 saturated carbocycles.